The first-order valence-electron chi connectivity index (χ1n) is 9.02. The molecule has 1 fully saturated rings. The van der Waals surface area contributed by atoms with Crippen LogP contribution in [-0.2, 0) is 17.0 Å². The number of aromatic nitrogens is 2. The average Bonchev–Trinajstić information content (AvgIpc) is 2.68. The number of fused-ring (bicyclic) bond motifs is 1. The van der Waals surface area contributed by atoms with Gasteiger partial charge in [-0.2, -0.15) is 0 Å². The van der Waals surface area contributed by atoms with Gasteiger partial charge in [0.1, 0.15) is 10.9 Å². The molecule has 1 saturated heterocycles. The third kappa shape index (κ3) is 4.23. The van der Waals surface area contributed by atoms with Crippen LogP contribution in [0, 0.1) is 6.92 Å². The van der Waals surface area contributed by atoms with Crippen molar-refractivity contribution in [1.82, 2.24) is 14.9 Å². The first-order chi connectivity index (χ1) is 12.8. The van der Waals surface area contributed by atoms with Gasteiger partial charge in [-0.3, -0.25) is 4.90 Å². The second kappa shape index (κ2) is 8.16. The smallest absolute Gasteiger partial charge is 0.144 e. The van der Waals surface area contributed by atoms with Gasteiger partial charge in [0.25, 0.3) is 0 Å². The maximum Gasteiger partial charge on any atom is 0.144 e. The number of rotatable bonds is 5. The van der Waals surface area contributed by atoms with Gasteiger partial charge < -0.3 is 4.74 Å². The highest BCUT2D eigenvalue weighted by Gasteiger charge is 2.14. The van der Waals surface area contributed by atoms with E-state index >= 15 is 0 Å². The van der Waals surface area contributed by atoms with Crippen LogP contribution >= 0.6 is 11.8 Å². The van der Waals surface area contributed by atoms with Crippen LogP contribution in [0.2, 0.25) is 0 Å². The summed E-state index contributed by atoms with van der Waals surface area (Å²) in [5.74, 6) is 1.81. The molecule has 0 bridgehead atoms. The Kier molecular flexibility index (Phi) is 5.48. The molecule has 0 aliphatic carbocycles. The Morgan fingerprint density at radius 1 is 1.00 bits per heavy atom. The summed E-state index contributed by atoms with van der Waals surface area (Å²) in [4.78, 5) is 12.0. The first kappa shape index (κ1) is 17.5. The lowest BCUT2D eigenvalue weighted by atomic mass is 10.2. The van der Waals surface area contributed by atoms with E-state index in [0.717, 1.165) is 60.4 Å². The quantitative estimate of drug-likeness (QED) is 0.503. The third-order valence-electron chi connectivity index (χ3n) is 4.58. The highest BCUT2D eigenvalue weighted by Crippen LogP contribution is 2.28. The minimum Gasteiger partial charge on any atom is -0.379 e. The predicted molar refractivity (Wildman–Crippen MR) is 106 cm³/mol. The Bertz CT molecular complexity index is 876. The molecule has 1 aliphatic heterocycles. The number of ether oxygens (including phenoxy) is 1. The molecule has 26 heavy (non-hydrogen) atoms. The molecule has 5 heteroatoms. The lowest BCUT2D eigenvalue weighted by Crippen LogP contribution is -2.36. The number of morpholine rings is 1. The largest absolute Gasteiger partial charge is 0.379 e. The molecule has 4 rings (SSSR count). The molecule has 1 aromatic heterocycles. The van der Waals surface area contributed by atoms with Gasteiger partial charge in [0.2, 0.25) is 0 Å². The van der Waals surface area contributed by atoms with Crippen LogP contribution in [0.3, 0.4) is 0 Å². The van der Waals surface area contributed by atoms with E-state index in [9.17, 15) is 0 Å². The highest BCUT2D eigenvalue weighted by molar-refractivity contribution is 7.98. The van der Waals surface area contributed by atoms with Gasteiger partial charge in [0.15, 0.2) is 0 Å². The Labute approximate surface area is 158 Å². The van der Waals surface area contributed by atoms with Crippen LogP contribution in [0.1, 0.15) is 17.0 Å². The van der Waals surface area contributed by atoms with Crippen molar-refractivity contribution in [1.29, 1.82) is 0 Å². The van der Waals surface area contributed by atoms with E-state index in [1.165, 1.54) is 11.1 Å². The number of thioether (sulfide) groups is 1. The van der Waals surface area contributed by atoms with Gasteiger partial charge in [-0.1, -0.05) is 48.0 Å². The van der Waals surface area contributed by atoms with E-state index in [4.69, 9.17) is 14.7 Å². The monoisotopic (exact) mass is 365 g/mol. The van der Waals surface area contributed by atoms with Crippen molar-refractivity contribution in [3.05, 3.63) is 65.5 Å². The van der Waals surface area contributed by atoms with Crippen molar-refractivity contribution in [2.45, 2.75) is 24.2 Å². The fraction of sp³-hybridized carbons (Fsp3) is 0.333. The molecule has 1 aliphatic rings. The number of hydrogen-bond acceptors (Lipinski definition) is 5. The minimum absolute atomic E-state index is 0.784. The fourth-order valence-electron chi connectivity index (χ4n) is 3.07. The molecule has 0 spiro atoms. The van der Waals surface area contributed by atoms with Gasteiger partial charge >= 0.3 is 0 Å². The predicted octanol–water partition coefficient (Wildman–Crippen LogP) is 4.06. The molecule has 2 aromatic carbocycles. The van der Waals surface area contributed by atoms with Gasteiger partial charge in [-0.15, -0.1) is 11.8 Å². The fourth-order valence-corrected chi connectivity index (χ4v) is 4.06. The van der Waals surface area contributed by atoms with Crippen molar-refractivity contribution < 1.29 is 4.74 Å². The number of benzene rings is 2. The molecule has 2 heterocycles. The molecule has 3 aromatic rings. The van der Waals surface area contributed by atoms with Crippen LogP contribution in [0.15, 0.2) is 53.6 Å². The SMILES string of the molecule is Cc1ccc(CSc2nc(CN3CCOCC3)nc3ccccc23)cc1. The van der Waals surface area contributed by atoms with E-state index < -0.39 is 0 Å². The minimum atomic E-state index is 0.784. The molecule has 0 saturated carbocycles. The molecular weight excluding hydrogens is 342 g/mol. The van der Waals surface area contributed by atoms with Crippen LogP contribution in [0.25, 0.3) is 10.9 Å². The van der Waals surface area contributed by atoms with Crippen LogP contribution in [-0.4, -0.2) is 41.2 Å². The maximum atomic E-state index is 5.44. The van der Waals surface area contributed by atoms with Gasteiger partial charge in [-0.05, 0) is 18.6 Å². The summed E-state index contributed by atoms with van der Waals surface area (Å²) in [6.45, 7) is 6.38. The summed E-state index contributed by atoms with van der Waals surface area (Å²) in [6.07, 6.45) is 0. The number of nitrogens with zero attached hydrogens (tertiary/aromatic N) is 3. The Balaban J connectivity index is 1.57. The summed E-state index contributed by atoms with van der Waals surface area (Å²) in [7, 11) is 0. The zero-order chi connectivity index (χ0) is 17.8. The van der Waals surface area contributed by atoms with Crippen molar-refractivity contribution in [2.75, 3.05) is 26.3 Å². The second-order valence-corrected chi connectivity index (χ2v) is 7.59. The second-order valence-electron chi connectivity index (χ2n) is 6.62. The molecule has 0 amide bonds. The van der Waals surface area contributed by atoms with Crippen LogP contribution < -0.4 is 0 Å². The lowest BCUT2D eigenvalue weighted by molar-refractivity contribution is 0.0330. The lowest BCUT2D eigenvalue weighted by Gasteiger charge is -2.25. The first-order valence-corrected chi connectivity index (χ1v) is 10.0. The van der Waals surface area contributed by atoms with Crippen molar-refractivity contribution in [3.63, 3.8) is 0 Å². The van der Waals surface area contributed by atoms with E-state index in [0.29, 0.717) is 0 Å². The van der Waals surface area contributed by atoms with E-state index in [1.54, 1.807) is 11.8 Å². The molecule has 0 unspecified atom stereocenters. The van der Waals surface area contributed by atoms with Crippen molar-refractivity contribution >= 4 is 22.7 Å². The van der Waals surface area contributed by atoms with Crippen molar-refractivity contribution in [2.24, 2.45) is 0 Å². The average molecular weight is 366 g/mol. The molecule has 0 atom stereocenters. The van der Waals surface area contributed by atoms with E-state index in [-0.39, 0.29) is 0 Å². The van der Waals surface area contributed by atoms with Crippen LogP contribution in [0.4, 0.5) is 0 Å². The zero-order valence-electron chi connectivity index (χ0n) is 15.0. The highest BCUT2D eigenvalue weighted by atomic mass is 32.2. The summed E-state index contributed by atoms with van der Waals surface area (Å²) in [5, 5.41) is 2.20. The van der Waals surface area contributed by atoms with Crippen LogP contribution in [0.5, 0.6) is 0 Å². The third-order valence-corrected chi connectivity index (χ3v) is 5.64. The zero-order valence-corrected chi connectivity index (χ0v) is 15.8. The molecule has 0 radical (unpaired) electrons. The molecular formula is C21H23N3OS. The summed E-state index contributed by atoms with van der Waals surface area (Å²) < 4.78 is 5.44. The van der Waals surface area contributed by atoms with Crippen molar-refractivity contribution in [3.8, 4) is 0 Å². The standard InChI is InChI=1S/C21H23N3OS/c1-16-6-8-17(9-7-16)15-26-21-18-4-2-3-5-19(18)22-20(23-21)14-24-10-12-25-13-11-24/h2-9H,10-15H2,1H3. The van der Waals surface area contributed by atoms with Gasteiger partial charge in [0, 0.05) is 24.2 Å². The number of hydrogen-bond donors (Lipinski definition) is 0. The van der Waals surface area contributed by atoms with Gasteiger partial charge in [-0.25, -0.2) is 9.97 Å². The normalized spacial score (nSPS) is 15.4. The van der Waals surface area contributed by atoms with E-state index in [1.807, 2.05) is 6.07 Å². The molecule has 4 nitrogen and oxygen atoms in total. The Morgan fingerprint density at radius 3 is 2.58 bits per heavy atom. The Morgan fingerprint density at radius 2 is 1.77 bits per heavy atom. The maximum absolute atomic E-state index is 5.44. The van der Waals surface area contributed by atoms with Gasteiger partial charge in [0.05, 0.1) is 25.3 Å². The summed E-state index contributed by atoms with van der Waals surface area (Å²) in [5.41, 5.74) is 3.63. The Hall–Kier alpha value is -1.95. The topological polar surface area (TPSA) is 38.2 Å². The van der Waals surface area contributed by atoms with E-state index in [2.05, 4.69) is 54.3 Å². The molecule has 134 valence electrons. The number of para-hydroxylation sites is 1. The number of aryl methyl sites for hydroxylation is 1. The summed E-state index contributed by atoms with van der Waals surface area (Å²) >= 11 is 1.79. The summed E-state index contributed by atoms with van der Waals surface area (Å²) in [6, 6.07) is 17.0. The molecule has 0 N–H and O–H groups in total.